The summed E-state index contributed by atoms with van der Waals surface area (Å²) >= 11 is 0. The van der Waals surface area contributed by atoms with Crippen molar-refractivity contribution in [3.63, 3.8) is 0 Å². The highest BCUT2D eigenvalue weighted by atomic mass is 19.1. The molecule has 15 heavy (non-hydrogen) atoms. The summed E-state index contributed by atoms with van der Waals surface area (Å²) in [6, 6.07) is 8.30. The third-order valence-electron chi connectivity index (χ3n) is 2.02. The second-order valence-corrected chi connectivity index (χ2v) is 3.22. The molecular formula is C11H11FN2O. The van der Waals surface area contributed by atoms with Crippen molar-refractivity contribution in [2.75, 3.05) is 0 Å². The molecule has 4 heteroatoms. The van der Waals surface area contributed by atoms with E-state index in [1.54, 1.807) is 12.1 Å². The van der Waals surface area contributed by atoms with E-state index in [0.717, 1.165) is 11.3 Å². The van der Waals surface area contributed by atoms with Crippen LogP contribution in [0.15, 0.2) is 41.1 Å². The fourth-order valence-electron chi connectivity index (χ4n) is 1.31. The van der Waals surface area contributed by atoms with E-state index in [1.807, 2.05) is 6.07 Å². The van der Waals surface area contributed by atoms with E-state index in [1.165, 1.54) is 18.4 Å². The number of aromatic nitrogens is 1. The van der Waals surface area contributed by atoms with Crippen LogP contribution < -0.4 is 5.32 Å². The molecule has 1 aromatic heterocycles. The lowest BCUT2D eigenvalue weighted by Gasteiger charge is -2.02. The number of nitrogens with one attached hydrogen (secondary N) is 1. The zero-order valence-electron chi connectivity index (χ0n) is 8.11. The molecule has 0 amide bonds. The molecule has 0 radical (unpaired) electrons. The van der Waals surface area contributed by atoms with Crippen molar-refractivity contribution >= 4 is 0 Å². The molecule has 0 unspecified atom stereocenters. The van der Waals surface area contributed by atoms with Crippen molar-refractivity contribution in [2.45, 2.75) is 13.1 Å². The average Bonchev–Trinajstić information content (AvgIpc) is 2.71. The summed E-state index contributed by atoms with van der Waals surface area (Å²) in [5, 5.41) is 6.90. The molecule has 0 fully saturated rings. The van der Waals surface area contributed by atoms with Gasteiger partial charge in [-0.25, -0.2) is 4.39 Å². The van der Waals surface area contributed by atoms with Gasteiger partial charge in [0.15, 0.2) is 0 Å². The number of hydrogen-bond donors (Lipinski definition) is 1. The van der Waals surface area contributed by atoms with Gasteiger partial charge in [-0.3, -0.25) is 0 Å². The van der Waals surface area contributed by atoms with E-state index in [4.69, 9.17) is 0 Å². The van der Waals surface area contributed by atoms with Gasteiger partial charge in [0, 0.05) is 19.2 Å². The van der Waals surface area contributed by atoms with E-state index in [-0.39, 0.29) is 5.82 Å². The van der Waals surface area contributed by atoms with Crippen LogP contribution in [0, 0.1) is 5.82 Å². The monoisotopic (exact) mass is 206 g/mol. The van der Waals surface area contributed by atoms with Crippen LogP contribution in [0.25, 0.3) is 0 Å². The molecule has 0 aliphatic heterocycles. The second-order valence-electron chi connectivity index (χ2n) is 3.22. The summed E-state index contributed by atoms with van der Waals surface area (Å²) in [5.41, 5.74) is 1.75. The predicted octanol–water partition coefficient (Wildman–Crippen LogP) is 2.10. The van der Waals surface area contributed by atoms with Crippen LogP contribution in [0.5, 0.6) is 0 Å². The molecule has 0 bridgehead atoms. The van der Waals surface area contributed by atoms with Crippen LogP contribution in [0.3, 0.4) is 0 Å². The minimum atomic E-state index is -0.212. The van der Waals surface area contributed by atoms with Crippen molar-refractivity contribution < 1.29 is 8.91 Å². The van der Waals surface area contributed by atoms with Crippen molar-refractivity contribution in [1.29, 1.82) is 0 Å². The summed E-state index contributed by atoms with van der Waals surface area (Å²) in [7, 11) is 0. The third-order valence-corrected chi connectivity index (χ3v) is 2.02. The van der Waals surface area contributed by atoms with E-state index in [0.29, 0.717) is 13.1 Å². The van der Waals surface area contributed by atoms with Crippen LogP contribution in [0.4, 0.5) is 4.39 Å². The summed E-state index contributed by atoms with van der Waals surface area (Å²) in [6.45, 7) is 1.23. The first-order chi connectivity index (χ1) is 7.34. The highest BCUT2D eigenvalue weighted by Gasteiger charge is 1.97. The highest BCUT2D eigenvalue weighted by molar-refractivity contribution is 5.16. The number of halogens is 1. The van der Waals surface area contributed by atoms with Crippen molar-refractivity contribution in [1.82, 2.24) is 10.5 Å². The molecule has 0 atom stereocenters. The predicted molar refractivity (Wildman–Crippen MR) is 53.4 cm³/mol. The number of benzene rings is 1. The molecule has 78 valence electrons. The van der Waals surface area contributed by atoms with Crippen molar-refractivity contribution in [2.24, 2.45) is 0 Å². The molecular weight excluding hydrogens is 195 g/mol. The largest absolute Gasteiger partial charge is 0.364 e. The minimum absolute atomic E-state index is 0.212. The van der Waals surface area contributed by atoms with Crippen LogP contribution in [-0.4, -0.2) is 5.16 Å². The molecule has 1 heterocycles. The Hall–Kier alpha value is -1.68. The SMILES string of the molecule is Fc1cccc(CNCc2ccon2)c1. The van der Waals surface area contributed by atoms with Crippen LogP contribution in [0.1, 0.15) is 11.3 Å². The maximum Gasteiger partial charge on any atom is 0.124 e. The minimum Gasteiger partial charge on any atom is -0.364 e. The van der Waals surface area contributed by atoms with Gasteiger partial charge in [0.05, 0.1) is 5.69 Å². The maximum absolute atomic E-state index is 12.8. The van der Waals surface area contributed by atoms with E-state index < -0.39 is 0 Å². The summed E-state index contributed by atoms with van der Waals surface area (Å²) in [4.78, 5) is 0. The molecule has 1 aromatic carbocycles. The zero-order chi connectivity index (χ0) is 10.5. The average molecular weight is 206 g/mol. The Balaban J connectivity index is 1.83. The summed E-state index contributed by atoms with van der Waals surface area (Å²) in [5.74, 6) is -0.212. The molecule has 0 spiro atoms. The van der Waals surface area contributed by atoms with E-state index in [9.17, 15) is 4.39 Å². The molecule has 2 aromatic rings. The van der Waals surface area contributed by atoms with Gasteiger partial charge in [0.2, 0.25) is 0 Å². The lowest BCUT2D eigenvalue weighted by Crippen LogP contribution is -2.12. The van der Waals surface area contributed by atoms with Crippen LogP contribution in [0.2, 0.25) is 0 Å². The van der Waals surface area contributed by atoms with Gasteiger partial charge in [0.1, 0.15) is 12.1 Å². The lowest BCUT2D eigenvalue weighted by molar-refractivity contribution is 0.408. The number of nitrogens with zero attached hydrogens (tertiary/aromatic N) is 1. The first-order valence-corrected chi connectivity index (χ1v) is 4.69. The quantitative estimate of drug-likeness (QED) is 0.832. The first-order valence-electron chi connectivity index (χ1n) is 4.69. The fourth-order valence-corrected chi connectivity index (χ4v) is 1.31. The molecule has 2 rings (SSSR count). The Morgan fingerprint density at radius 1 is 1.27 bits per heavy atom. The van der Waals surface area contributed by atoms with Gasteiger partial charge in [-0.15, -0.1) is 0 Å². The van der Waals surface area contributed by atoms with Crippen molar-refractivity contribution in [3.05, 3.63) is 53.7 Å². The number of rotatable bonds is 4. The van der Waals surface area contributed by atoms with Gasteiger partial charge in [-0.05, 0) is 17.7 Å². The summed E-state index contributed by atoms with van der Waals surface area (Å²) < 4.78 is 17.5. The van der Waals surface area contributed by atoms with Gasteiger partial charge < -0.3 is 9.84 Å². The van der Waals surface area contributed by atoms with E-state index >= 15 is 0 Å². The third kappa shape index (κ3) is 2.89. The van der Waals surface area contributed by atoms with Crippen LogP contribution >= 0.6 is 0 Å². The molecule has 0 saturated carbocycles. The normalized spacial score (nSPS) is 10.5. The second kappa shape index (κ2) is 4.70. The lowest BCUT2D eigenvalue weighted by atomic mass is 10.2. The van der Waals surface area contributed by atoms with Gasteiger partial charge >= 0.3 is 0 Å². The maximum atomic E-state index is 12.8. The Kier molecular flexibility index (Phi) is 3.09. The Labute approximate surface area is 86.9 Å². The smallest absolute Gasteiger partial charge is 0.124 e. The zero-order valence-corrected chi connectivity index (χ0v) is 8.11. The molecule has 3 nitrogen and oxygen atoms in total. The Morgan fingerprint density at radius 2 is 2.20 bits per heavy atom. The Bertz CT molecular complexity index is 414. The molecule has 0 aliphatic rings. The molecule has 1 N–H and O–H groups in total. The van der Waals surface area contributed by atoms with E-state index in [2.05, 4.69) is 15.0 Å². The Morgan fingerprint density at radius 3 is 2.93 bits per heavy atom. The fraction of sp³-hybridized carbons (Fsp3) is 0.182. The van der Waals surface area contributed by atoms with Gasteiger partial charge in [-0.1, -0.05) is 17.3 Å². The first kappa shape index (κ1) is 9.86. The molecule has 0 aliphatic carbocycles. The van der Waals surface area contributed by atoms with Gasteiger partial charge in [0.25, 0.3) is 0 Å². The van der Waals surface area contributed by atoms with Crippen LogP contribution in [-0.2, 0) is 13.1 Å². The van der Waals surface area contributed by atoms with Crippen molar-refractivity contribution in [3.8, 4) is 0 Å². The topological polar surface area (TPSA) is 38.1 Å². The molecule has 0 saturated heterocycles. The highest BCUT2D eigenvalue weighted by Crippen LogP contribution is 2.03. The standard InChI is InChI=1S/C11H11FN2O/c12-10-3-1-2-9(6-10)7-13-8-11-4-5-15-14-11/h1-6,13H,7-8H2. The number of hydrogen-bond acceptors (Lipinski definition) is 3. The summed E-state index contributed by atoms with van der Waals surface area (Å²) in [6.07, 6.45) is 1.53. The van der Waals surface area contributed by atoms with Gasteiger partial charge in [-0.2, -0.15) is 0 Å².